The SMILES string of the molecule is O=C(O)C(c1c([N+](=O)[O-])cc(I)cc1C(F)(F)F)C(C(=O)O)c1c([N+](=O)[O-])cc(I)cc1C(F)(F)F. The van der Waals surface area contributed by atoms with E-state index < -0.39 is 86.7 Å². The number of hydrogen-bond donors (Lipinski definition) is 2. The van der Waals surface area contributed by atoms with E-state index in [9.17, 15) is 66.4 Å². The molecule has 0 bridgehead atoms. The Balaban J connectivity index is 3.19. The van der Waals surface area contributed by atoms with Gasteiger partial charge in [0, 0.05) is 19.3 Å². The first-order valence-corrected chi connectivity index (χ1v) is 11.0. The van der Waals surface area contributed by atoms with Gasteiger partial charge in [0.1, 0.15) is 11.8 Å². The second-order valence-electron chi connectivity index (χ2n) is 6.91. The number of halogens is 8. The minimum atomic E-state index is -5.52. The normalized spacial score (nSPS) is 13.7. The van der Waals surface area contributed by atoms with Crippen molar-refractivity contribution in [1.82, 2.24) is 0 Å². The van der Waals surface area contributed by atoms with E-state index in [0.29, 0.717) is 12.1 Å². The molecule has 2 aromatic rings. The van der Waals surface area contributed by atoms with Gasteiger partial charge in [-0.25, -0.2) is 0 Å². The van der Waals surface area contributed by atoms with Crippen LogP contribution in [0.5, 0.6) is 0 Å². The van der Waals surface area contributed by atoms with E-state index in [-0.39, 0.29) is 12.1 Å². The minimum Gasteiger partial charge on any atom is -0.481 e. The molecule has 0 saturated carbocycles. The van der Waals surface area contributed by atoms with Crippen LogP contribution in [0, 0.1) is 27.4 Å². The topological polar surface area (TPSA) is 161 Å². The highest BCUT2D eigenvalue weighted by molar-refractivity contribution is 14.1. The van der Waals surface area contributed by atoms with E-state index in [0.717, 1.165) is 0 Å². The summed E-state index contributed by atoms with van der Waals surface area (Å²) in [5, 5.41) is 42.6. The fourth-order valence-electron chi connectivity index (χ4n) is 3.50. The lowest BCUT2D eigenvalue weighted by atomic mass is 9.76. The summed E-state index contributed by atoms with van der Waals surface area (Å²) in [6, 6.07) is 1.41. The summed E-state index contributed by atoms with van der Waals surface area (Å²) in [4.78, 5) is 44.5. The van der Waals surface area contributed by atoms with Gasteiger partial charge in [0.05, 0.1) is 32.1 Å². The van der Waals surface area contributed by atoms with Gasteiger partial charge in [-0.05, 0) is 57.3 Å². The number of carboxylic acid groups (broad SMARTS) is 2. The fraction of sp³-hybridized carbons (Fsp3) is 0.222. The zero-order valence-corrected chi connectivity index (χ0v) is 21.0. The minimum absolute atomic E-state index is 0.241. The Hall–Kier alpha value is -2.78. The van der Waals surface area contributed by atoms with Crippen LogP contribution in [0.4, 0.5) is 37.7 Å². The van der Waals surface area contributed by atoms with E-state index in [1.807, 2.05) is 0 Å². The van der Waals surface area contributed by atoms with Gasteiger partial charge in [0.15, 0.2) is 0 Å². The standard InChI is InChI=1S/C18H8F6I2N2O8/c19-17(20,21)7-1-5(25)3-9(27(33)34)11(7)13(15(29)30)14(16(31)32)12-8(18(22,23)24)2-6(26)4-10(12)28(35)36/h1-4,13-14H,(H,29,30)(H,31,32). The molecular formula is C18H8F6I2N2O8. The van der Waals surface area contributed by atoms with Crippen LogP contribution in [0.15, 0.2) is 24.3 Å². The number of benzene rings is 2. The van der Waals surface area contributed by atoms with Crippen molar-refractivity contribution in [2.24, 2.45) is 0 Å². The summed E-state index contributed by atoms with van der Waals surface area (Å²) < 4.78 is 82.2. The molecule has 2 aromatic carbocycles. The quantitative estimate of drug-likeness (QED) is 0.156. The lowest BCUT2D eigenvalue weighted by molar-refractivity contribution is -0.386. The smallest absolute Gasteiger partial charge is 0.416 e. The average molecular weight is 748 g/mol. The highest BCUT2D eigenvalue weighted by atomic mass is 127. The first-order chi connectivity index (χ1) is 16.3. The van der Waals surface area contributed by atoms with Crippen molar-refractivity contribution < 1.29 is 56.0 Å². The third kappa shape index (κ3) is 5.95. The van der Waals surface area contributed by atoms with Crippen LogP contribution >= 0.6 is 45.2 Å². The predicted molar refractivity (Wildman–Crippen MR) is 122 cm³/mol. The summed E-state index contributed by atoms with van der Waals surface area (Å²) >= 11 is 2.46. The van der Waals surface area contributed by atoms with Crippen molar-refractivity contribution in [3.05, 3.63) is 73.9 Å². The van der Waals surface area contributed by atoms with Gasteiger partial charge in [-0.1, -0.05) is 0 Å². The number of carboxylic acids is 2. The molecule has 0 heterocycles. The van der Waals surface area contributed by atoms with Gasteiger partial charge in [0.2, 0.25) is 0 Å². The summed E-state index contributed by atoms with van der Waals surface area (Å²) in [5.74, 6) is -11.4. The van der Waals surface area contributed by atoms with Crippen molar-refractivity contribution in [2.45, 2.75) is 24.2 Å². The number of carbonyl (C=O) groups is 2. The molecular weight excluding hydrogens is 740 g/mol. The zero-order valence-electron chi connectivity index (χ0n) is 16.7. The van der Waals surface area contributed by atoms with Crippen molar-refractivity contribution in [3.63, 3.8) is 0 Å². The van der Waals surface area contributed by atoms with Crippen LogP contribution in [0.2, 0.25) is 0 Å². The number of nitro groups is 2. The Labute approximate surface area is 221 Å². The first kappa shape index (κ1) is 29.5. The number of aliphatic carboxylic acids is 2. The highest BCUT2D eigenvalue weighted by Gasteiger charge is 2.51. The maximum absolute atomic E-state index is 13.8. The fourth-order valence-corrected chi connectivity index (χ4v) is 4.71. The molecule has 194 valence electrons. The Morgan fingerprint density at radius 1 is 0.722 bits per heavy atom. The van der Waals surface area contributed by atoms with Gasteiger partial charge in [-0.2, -0.15) is 26.3 Å². The molecule has 36 heavy (non-hydrogen) atoms. The van der Waals surface area contributed by atoms with Gasteiger partial charge in [-0.15, -0.1) is 0 Å². The monoisotopic (exact) mass is 748 g/mol. The van der Waals surface area contributed by atoms with Crippen molar-refractivity contribution in [1.29, 1.82) is 0 Å². The van der Waals surface area contributed by atoms with Crippen LogP contribution in [-0.2, 0) is 21.9 Å². The van der Waals surface area contributed by atoms with E-state index in [1.165, 1.54) is 45.2 Å². The van der Waals surface area contributed by atoms with Crippen molar-refractivity contribution in [3.8, 4) is 0 Å². The van der Waals surface area contributed by atoms with Gasteiger partial charge in [0.25, 0.3) is 11.4 Å². The molecule has 0 aliphatic rings. The molecule has 0 amide bonds. The average Bonchev–Trinajstić information content (AvgIpc) is 2.69. The predicted octanol–water partition coefficient (Wildman–Crippen LogP) is 5.79. The molecule has 0 aliphatic heterocycles. The molecule has 0 saturated heterocycles. The Morgan fingerprint density at radius 3 is 1.19 bits per heavy atom. The van der Waals surface area contributed by atoms with Crippen LogP contribution < -0.4 is 0 Å². The second-order valence-corrected chi connectivity index (χ2v) is 9.41. The third-order valence-electron chi connectivity index (χ3n) is 4.74. The molecule has 2 rings (SSSR count). The molecule has 10 nitrogen and oxygen atoms in total. The van der Waals surface area contributed by atoms with E-state index in [1.54, 1.807) is 0 Å². The molecule has 2 N–H and O–H groups in total. The van der Waals surface area contributed by atoms with Gasteiger partial charge in [-0.3, -0.25) is 29.8 Å². The molecule has 2 atom stereocenters. The first-order valence-electron chi connectivity index (χ1n) is 8.84. The molecule has 0 aromatic heterocycles. The van der Waals surface area contributed by atoms with Crippen LogP contribution in [0.3, 0.4) is 0 Å². The van der Waals surface area contributed by atoms with Crippen LogP contribution in [0.1, 0.15) is 34.1 Å². The van der Waals surface area contributed by atoms with E-state index >= 15 is 0 Å². The lowest BCUT2D eigenvalue weighted by Gasteiger charge is -2.26. The van der Waals surface area contributed by atoms with E-state index in [2.05, 4.69) is 0 Å². The maximum atomic E-state index is 13.8. The highest BCUT2D eigenvalue weighted by Crippen LogP contribution is 2.50. The maximum Gasteiger partial charge on any atom is 0.416 e. The summed E-state index contributed by atoms with van der Waals surface area (Å²) in [7, 11) is 0. The number of nitrogens with zero attached hydrogens (tertiary/aromatic N) is 2. The van der Waals surface area contributed by atoms with E-state index in [4.69, 9.17) is 0 Å². The number of nitro benzene ring substituents is 2. The Kier molecular flexibility index (Phi) is 8.43. The van der Waals surface area contributed by atoms with Crippen LogP contribution in [0.25, 0.3) is 0 Å². The zero-order chi connectivity index (χ0) is 27.9. The lowest BCUT2D eigenvalue weighted by Crippen LogP contribution is -2.31. The molecule has 0 spiro atoms. The van der Waals surface area contributed by atoms with Gasteiger partial charge < -0.3 is 10.2 Å². The second kappa shape index (κ2) is 10.3. The molecule has 0 radical (unpaired) electrons. The summed E-state index contributed by atoms with van der Waals surface area (Å²) in [6.45, 7) is 0. The van der Waals surface area contributed by atoms with Crippen LogP contribution in [-0.4, -0.2) is 32.0 Å². The summed E-state index contributed by atoms with van der Waals surface area (Å²) in [5.41, 5.74) is -10.6. The van der Waals surface area contributed by atoms with Crippen molar-refractivity contribution in [2.75, 3.05) is 0 Å². The molecule has 2 unspecified atom stereocenters. The number of hydrogen-bond acceptors (Lipinski definition) is 6. The molecule has 18 heteroatoms. The Bertz CT molecular complexity index is 1180. The van der Waals surface area contributed by atoms with Crippen molar-refractivity contribution >= 4 is 68.5 Å². The molecule has 0 fully saturated rings. The third-order valence-corrected chi connectivity index (χ3v) is 5.98. The number of rotatable bonds is 7. The summed E-state index contributed by atoms with van der Waals surface area (Å²) in [6.07, 6.45) is -11.0. The van der Waals surface area contributed by atoms with Gasteiger partial charge >= 0.3 is 24.3 Å². The number of alkyl halides is 6. The molecule has 0 aliphatic carbocycles. The largest absolute Gasteiger partial charge is 0.481 e. The Morgan fingerprint density at radius 2 is 1.00 bits per heavy atom.